The number of benzene rings is 1. The van der Waals surface area contributed by atoms with E-state index in [-0.39, 0.29) is 18.7 Å². The van der Waals surface area contributed by atoms with Crippen LogP contribution in [-0.4, -0.2) is 71.0 Å². The van der Waals surface area contributed by atoms with Gasteiger partial charge in [0.1, 0.15) is 5.82 Å². The van der Waals surface area contributed by atoms with Crippen LogP contribution in [0.5, 0.6) is 0 Å². The lowest BCUT2D eigenvalue weighted by Crippen LogP contribution is -2.45. The highest BCUT2D eigenvalue weighted by Gasteiger charge is 2.28. The molecule has 0 radical (unpaired) electrons. The number of rotatable bonds is 5. The molecule has 2 aliphatic heterocycles. The summed E-state index contributed by atoms with van der Waals surface area (Å²) in [5.74, 6) is 0.953. The van der Waals surface area contributed by atoms with Crippen LogP contribution >= 0.6 is 0 Å². The molecular formula is C25H30N6O3. The maximum absolute atomic E-state index is 11.7. The zero-order chi connectivity index (χ0) is 23.7. The van der Waals surface area contributed by atoms with Gasteiger partial charge in [0.05, 0.1) is 43.0 Å². The Kier molecular flexibility index (Phi) is 6.30. The summed E-state index contributed by atoms with van der Waals surface area (Å²) in [5.41, 5.74) is 8.00. The molecular weight excluding hydrogens is 432 g/mol. The molecule has 178 valence electrons. The van der Waals surface area contributed by atoms with Gasteiger partial charge in [-0.1, -0.05) is 12.1 Å². The van der Waals surface area contributed by atoms with Crippen LogP contribution in [0.1, 0.15) is 36.5 Å². The number of ether oxygens (including phenoxy) is 1. The van der Waals surface area contributed by atoms with E-state index in [1.165, 1.54) is 0 Å². The number of carbonyl (C=O) groups is 1. The number of fused-ring (bicyclic) bond motifs is 1. The first-order chi connectivity index (χ1) is 16.5. The molecule has 2 saturated heterocycles. The summed E-state index contributed by atoms with van der Waals surface area (Å²) in [4.78, 5) is 30.8. The predicted octanol–water partition coefficient (Wildman–Crippen LogP) is 2.37. The molecule has 9 nitrogen and oxygen atoms in total. The third-order valence-corrected chi connectivity index (χ3v) is 6.71. The van der Waals surface area contributed by atoms with E-state index in [0.29, 0.717) is 36.1 Å². The van der Waals surface area contributed by atoms with Crippen molar-refractivity contribution in [3.63, 3.8) is 0 Å². The van der Waals surface area contributed by atoms with Gasteiger partial charge < -0.3 is 25.4 Å². The summed E-state index contributed by atoms with van der Waals surface area (Å²) in [5, 5.41) is 10.8. The molecule has 3 aromatic rings. The van der Waals surface area contributed by atoms with Crippen LogP contribution in [0.25, 0.3) is 22.3 Å². The molecule has 34 heavy (non-hydrogen) atoms. The maximum Gasteiger partial charge on any atom is 0.248 e. The molecule has 4 heterocycles. The Morgan fingerprint density at radius 2 is 2.03 bits per heavy atom. The number of morpholine rings is 1. The van der Waals surface area contributed by atoms with E-state index in [2.05, 4.69) is 16.7 Å². The normalized spacial score (nSPS) is 21.1. The fourth-order valence-corrected chi connectivity index (χ4v) is 4.82. The van der Waals surface area contributed by atoms with Gasteiger partial charge in [0.15, 0.2) is 5.65 Å². The number of hydrogen-bond acceptors (Lipinski definition) is 8. The second-order valence-electron chi connectivity index (χ2n) is 9.00. The van der Waals surface area contributed by atoms with Crippen LogP contribution in [0.4, 0.5) is 11.8 Å². The fourth-order valence-electron chi connectivity index (χ4n) is 4.82. The number of piperidine rings is 1. The molecule has 1 amide bonds. The lowest BCUT2D eigenvalue weighted by molar-refractivity contribution is 0.0986. The van der Waals surface area contributed by atoms with Gasteiger partial charge in [-0.05, 0) is 50.5 Å². The average molecular weight is 463 g/mol. The van der Waals surface area contributed by atoms with Crippen molar-refractivity contribution in [2.24, 2.45) is 5.73 Å². The lowest BCUT2D eigenvalue weighted by Gasteiger charge is -2.37. The smallest absolute Gasteiger partial charge is 0.248 e. The van der Waals surface area contributed by atoms with Gasteiger partial charge in [-0.2, -0.15) is 9.97 Å². The zero-order valence-corrected chi connectivity index (χ0v) is 19.4. The second-order valence-corrected chi connectivity index (χ2v) is 9.00. The molecule has 9 heteroatoms. The molecule has 0 spiro atoms. The second kappa shape index (κ2) is 9.52. The van der Waals surface area contributed by atoms with E-state index in [4.69, 9.17) is 25.4 Å². The number of pyridine rings is 1. The Balaban J connectivity index is 1.65. The number of aliphatic hydroxyl groups is 1. The van der Waals surface area contributed by atoms with Gasteiger partial charge in [-0.3, -0.25) is 4.79 Å². The van der Waals surface area contributed by atoms with Gasteiger partial charge in [0.25, 0.3) is 0 Å². The third kappa shape index (κ3) is 4.28. The van der Waals surface area contributed by atoms with Crippen molar-refractivity contribution in [2.45, 2.75) is 38.3 Å². The van der Waals surface area contributed by atoms with Gasteiger partial charge in [0, 0.05) is 24.2 Å². The quantitative estimate of drug-likeness (QED) is 0.593. The first kappa shape index (κ1) is 22.5. The Morgan fingerprint density at radius 1 is 1.15 bits per heavy atom. The summed E-state index contributed by atoms with van der Waals surface area (Å²) < 4.78 is 5.65. The Labute approximate surface area is 198 Å². The number of hydrogen-bond donors (Lipinski definition) is 2. The average Bonchev–Trinajstić information content (AvgIpc) is 2.88. The Bertz CT molecular complexity index is 1200. The SMILES string of the molecule is C[C@H]1COCCN1c1nc(N2CCCCC2CO)nc2nc(-c3cccc(C(N)=O)c3)ccc12. The van der Waals surface area contributed by atoms with Crippen LogP contribution in [0.2, 0.25) is 0 Å². The van der Waals surface area contributed by atoms with Crippen LogP contribution < -0.4 is 15.5 Å². The van der Waals surface area contributed by atoms with Crippen molar-refractivity contribution in [2.75, 3.05) is 42.7 Å². The number of carbonyl (C=O) groups excluding carboxylic acids is 1. The molecule has 2 fully saturated rings. The Morgan fingerprint density at radius 3 is 2.82 bits per heavy atom. The van der Waals surface area contributed by atoms with Crippen molar-refractivity contribution in [3.8, 4) is 11.3 Å². The summed E-state index contributed by atoms with van der Waals surface area (Å²) in [6.07, 6.45) is 3.03. The van der Waals surface area contributed by atoms with Gasteiger partial charge in [-0.25, -0.2) is 4.98 Å². The van der Waals surface area contributed by atoms with E-state index < -0.39 is 5.91 Å². The van der Waals surface area contributed by atoms with Crippen LogP contribution in [0.15, 0.2) is 36.4 Å². The molecule has 5 rings (SSSR count). The van der Waals surface area contributed by atoms with Crippen molar-refractivity contribution in [1.29, 1.82) is 0 Å². The van der Waals surface area contributed by atoms with Crippen LogP contribution in [0.3, 0.4) is 0 Å². The zero-order valence-electron chi connectivity index (χ0n) is 19.4. The third-order valence-electron chi connectivity index (χ3n) is 6.71. The number of nitrogens with zero attached hydrogens (tertiary/aromatic N) is 5. The number of primary amides is 1. The molecule has 2 atom stereocenters. The number of aliphatic hydroxyl groups excluding tert-OH is 1. The molecule has 0 bridgehead atoms. The summed E-state index contributed by atoms with van der Waals surface area (Å²) in [6.45, 7) is 5.00. The highest BCUT2D eigenvalue weighted by atomic mass is 16.5. The van der Waals surface area contributed by atoms with E-state index in [0.717, 1.165) is 49.1 Å². The van der Waals surface area contributed by atoms with E-state index in [1.54, 1.807) is 18.2 Å². The van der Waals surface area contributed by atoms with Gasteiger partial charge >= 0.3 is 0 Å². The van der Waals surface area contributed by atoms with Crippen LogP contribution in [-0.2, 0) is 4.74 Å². The standard InChI is InChI=1S/C25H30N6O3/c1-16-15-34-12-11-30(16)24-20-8-9-21(17-5-4-6-18(13-17)22(26)33)27-23(20)28-25(29-24)31-10-3-2-7-19(31)14-32/h4-6,8-9,13,16,19,32H,2-3,7,10-12,14-15H2,1H3,(H2,26,33)/t16-,19?/m0/s1. The van der Waals surface area contributed by atoms with Crippen LogP contribution in [0, 0.1) is 0 Å². The van der Waals surface area contributed by atoms with Crippen molar-refractivity contribution in [3.05, 3.63) is 42.0 Å². The number of amides is 1. The molecule has 1 unspecified atom stereocenters. The van der Waals surface area contributed by atoms with Crippen molar-refractivity contribution >= 4 is 28.7 Å². The van der Waals surface area contributed by atoms with E-state index >= 15 is 0 Å². The van der Waals surface area contributed by atoms with E-state index in [1.807, 2.05) is 18.2 Å². The summed E-state index contributed by atoms with van der Waals surface area (Å²) in [7, 11) is 0. The van der Waals surface area contributed by atoms with Crippen molar-refractivity contribution < 1.29 is 14.6 Å². The number of nitrogens with two attached hydrogens (primary N) is 1. The molecule has 0 aliphatic carbocycles. The molecule has 3 N–H and O–H groups in total. The van der Waals surface area contributed by atoms with Gasteiger partial charge in [-0.15, -0.1) is 0 Å². The molecule has 1 aromatic carbocycles. The Hall–Kier alpha value is -3.30. The minimum atomic E-state index is -0.476. The van der Waals surface area contributed by atoms with Gasteiger partial charge in [0.2, 0.25) is 11.9 Å². The van der Waals surface area contributed by atoms with E-state index in [9.17, 15) is 9.90 Å². The largest absolute Gasteiger partial charge is 0.394 e. The monoisotopic (exact) mass is 462 g/mol. The van der Waals surface area contributed by atoms with Crippen molar-refractivity contribution in [1.82, 2.24) is 15.0 Å². The minimum absolute atomic E-state index is 0.00315. The minimum Gasteiger partial charge on any atom is -0.394 e. The lowest BCUT2D eigenvalue weighted by atomic mass is 10.0. The molecule has 2 aromatic heterocycles. The first-order valence-electron chi connectivity index (χ1n) is 11.9. The first-order valence-corrected chi connectivity index (χ1v) is 11.9. The fraction of sp³-hybridized carbons (Fsp3) is 0.440. The summed E-state index contributed by atoms with van der Waals surface area (Å²) in [6, 6.07) is 11.2. The number of anilines is 2. The highest BCUT2D eigenvalue weighted by Crippen LogP contribution is 2.32. The highest BCUT2D eigenvalue weighted by molar-refractivity contribution is 5.94. The predicted molar refractivity (Wildman–Crippen MR) is 131 cm³/mol. The topological polar surface area (TPSA) is 118 Å². The number of aromatic nitrogens is 3. The molecule has 0 saturated carbocycles. The maximum atomic E-state index is 11.7. The molecule has 2 aliphatic rings. The summed E-state index contributed by atoms with van der Waals surface area (Å²) >= 11 is 0.